The number of aliphatic hydroxyl groups excluding tert-OH is 1. The topological polar surface area (TPSA) is 71.7 Å². The standard InChI is InChI=1S/C20H19NO4/c1-14-5-7-17(8-6-14)24-13-20(23)21-16-4-2-3-15(11-16)19-10-9-18(12-22)25-19/h2-11,22H,12-13H2,1H3,(H,21,23). The van der Waals surface area contributed by atoms with Gasteiger partial charge in [0, 0.05) is 11.3 Å². The van der Waals surface area contributed by atoms with E-state index in [2.05, 4.69) is 5.32 Å². The summed E-state index contributed by atoms with van der Waals surface area (Å²) in [7, 11) is 0. The molecule has 0 saturated heterocycles. The predicted molar refractivity (Wildman–Crippen MR) is 95.4 cm³/mol. The van der Waals surface area contributed by atoms with Crippen LogP contribution in [0.1, 0.15) is 11.3 Å². The molecule has 0 saturated carbocycles. The van der Waals surface area contributed by atoms with Gasteiger partial charge in [-0.25, -0.2) is 0 Å². The van der Waals surface area contributed by atoms with E-state index in [1.165, 1.54) is 0 Å². The number of amides is 1. The predicted octanol–water partition coefficient (Wildman–Crippen LogP) is 3.76. The molecule has 2 aromatic carbocycles. The SMILES string of the molecule is Cc1ccc(OCC(=O)Nc2cccc(-c3ccc(CO)o3)c2)cc1. The molecule has 0 aliphatic rings. The van der Waals surface area contributed by atoms with Gasteiger partial charge in [0.25, 0.3) is 5.91 Å². The largest absolute Gasteiger partial charge is 0.484 e. The van der Waals surface area contributed by atoms with Gasteiger partial charge >= 0.3 is 0 Å². The fraction of sp³-hybridized carbons (Fsp3) is 0.150. The van der Waals surface area contributed by atoms with Crippen LogP contribution >= 0.6 is 0 Å². The molecule has 1 amide bonds. The molecule has 1 aromatic heterocycles. The van der Waals surface area contributed by atoms with E-state index in [0.717, 1.165) is 11.1 Å². The molecule has 0 aliphatic heterocycles. The maximum atomic E-state index is 12.1. The van der Waals surface area contributed by atoms with Crippen LogP contribution in [0.4, 0.5) is 5.69 Å². The van der Waals surface area contributed by atoms with Crippen molar-refractivity contribution in [2.75, 3.05) is 11.9 Å². The summed E-state index contributed by atoms with van der Waals surface area (Å²) in [5.74, 6) is 1.54. The highest BCUT2D eigenvalue weighted by Gasteiger charge is 2.08. The monoisotopic (exact) mass is 337 g/mol. The Balaban J connectivity index is 1.61. The third-order valence-corrected chi connectivity index (χ3v) is 3.64. The molecule has 5 nitrogen and oxygen atoms in total. The molecule has 25 heavy (non-hydrogen) atoms. The van der Waals surface area contributed by atoms with E-state index in [-0.39, 0.29) is 19.1 Å². The Morgan fingerprint density at radius 3 is 2.64 bits per heavy atom. The van der Waals surface area contributed by atoms with Crippen molar-refractivity contribution in [1.82, 2.24) is 0 Å². The van der Waals surface area contributed by atoms with Crippen molar-refractivity contribution in [3.63, 3.8) is 0 Å². The van der Waals surface area contributed by atoms with Crippen molar-refractivity contribution >= 4 is 11.6 Å². The first kappa shape index (κ1) is 16.8. The number of furan rings is 1. The summed E-state index contributed by atoms with van der Waals surface area (Å²) in [4.78, 5) is 12.1. The van der Waals surface area contributed by atoms with Gasteiger partial charge in [-0.2, -0.15) is 0 Å². The molecule has 0 radical (unpaired) electrons. The first-order valence-corrected chi connectivity index (χ1v) is 7.93. The lowest BCUT2D eigenvalue weighted by Crippen LogP contribution is -2.20. The summed E-state index contributed by atoms with van der Waals surface area (Å²) in [6, 6.07) is 18.3. The highest BCUT2D eigenvalue weighted by atomic mass is 16.5. The van der Waals surface area contributed by atoms with E-state index in [0.29, 0.717) is 23.0 Å². The number of nitrogens with one attached hydrogen (secondary N) is 1. The van der Waals surface area contributed by atoms with E-state index in [1.807, 2.05) is 49.4 Å². The van der Waals surface area contributed by atoms with Crippen molar-refractivity contribution in [2.24, 2.45) is 0 Å². The molecule has 0 bridgehead atoms. The first-order valence-electron chi connectivity index (χ1n) is 7.93. The van der Waals surface area contributed by atoms with E-state index in [9.17, 15) is 4.79 Å². The maximum absolute atomic E-state index is 12.1. The molecular formula is C20H19NO4. The van der Waals surface area contributed by atoms with Gasteiger partial charge in [0.2, 0.25) is 0 Å². The van der Waals surface area contributed by atoms with Crippen LogP contribution in [0.25, 0.3) is 11.3 Å². The Kier molecular flexibility index (Phi) is 5.16. The van der Waals surface area contributed by atoms with Crippen molar-refractivity contribution < 1.29 is 19.1 Å². The smallest absolute Gasteiger partial charge is 0.262 e. The molecule has 0 spiro atoms. The lowest BCUT2D eigenvalue weighted by atomic mass is 10.1. The number of hydrogen-bond donors (Lipinski definition) is 2. The second-order valence-corrected chi connectivity index (χ2v) is 5.65. The number of aryl methyl sites for hydroxylation is 1. The van der Waals surface area contributed by atoms with E-state index in [4.69, 9.17) is 14.3 Å². The van der Waals surface area contributed by atoms with Gasteiger partial charge in [0.1, 0.15) is 23.9 Å². The summed E-state index contributed by atoms with van der Waals surface area (Å²) in [5, 5.41) is 11.9. The lowest BCUT2D eigenvalue weighted by Gasteiger charge is -2.08. The van der Waals surface area contributed by atoms with Crippen LogP contribution in [0.2, 0.25) is 0 Å². The second-order valence-electron chi connectivity index (χ2n) is 5.65. The molecule has 0 atom stereocenters. The Bertz CT molecular complexity index is 852. The van der Waals surface area contributed by atoms with Crippen molar-refractivity contribution in [1.29, 1.82) is 0 Å². The number of carbonyl (C=O) groups is 1. The summed E-state index contributed by atoms with van der Waals surface area (Å²) < 4.78 is 11.0. The van der Waals surface area contributed by atoms with Gasteiger partial charge in [-0.3, -0.25) is 4.79 Å². The summed E-state index contributed by atoms with van der Waals surface area (Å²) in [6.45, 7) is 1.78. The van der Waals surface area contributed by atoms with Crippen LogP contribution < -0.4 is 10.1 Å². The molecule has 5 heteroatoms. The minimum atomic E-state index is -0.242. The first-order chi connectivity index (χ1) is 12.1. The van der Waals surface area contributed by atoms with E-state index in [1.54, 1.807) is 18.2 Å². The zero-order chi connectivity index (χ0) is 17.6. The number of hydrogen-bond acceptors (Lipinski definition) is 4. The minimum absolute atomic E-state index is 0.0668. The van der Waals surface area contributed by atoms with Crippen molar-refractivity contribution in [3.8, 4) is 17.1 Å². The van der Waals surface area contributed by atoms with Crippen molar-refractivity contribution in [3.05, 3.63) is 72.0 Å². The Morgan fingerprint density at radius 1 is 1.12 bits per heavy atom. The normalized spacial score (nSPS) is 10.5. The Labute approximate surface area is 145 Å². The summed E-state index contributed by atoms with van der Waals surface area (Å²) >= 11 is 0. The van der Waals surface area contributed by atoms with Gasteiger partial charge in [-0.15, -0.1) is 0 Å². The molecule has 0 unspecified atom stereocenters. The number of anilines is 1. The van der Waals surface area contributed by atoms with Gasteiger partial charge < -0.3 is 19.6 Å². The summed E-state index contributed by atoms with van der Waals surface area (Å²) in [6.07, 6.45) is 0. The van der Waals surface area contributed by atoms with E-state index >= 15 is 0 Å². The van der Waals surface area contributed by atoms with Crippen LogP contribution in [-0.2, 0) is 11.4 Å². The number of benzene rings is 2. The number of ether oxygens (including phenoxy) is 1. The van der Waals surface area contributed by atoms with Gasteiger partial charge in [-0.05, 0) is 43.3 Å². The second kappa shape index (κ2) is 7.68. The average Bonchev–Trinajstić information content (AvgIpc) is 3.11. The minimum Gasteiger partial charge on any atom is -0.484 e. The molecule has 1 heterocycles. The highest BCUT2D eigenvalue weighted by Crippen LogP contribution is 2.25. The zero-order valence-electron chi connectivity index (χ0n) is 13.9. The lowest BCUT2D eigenvalue weighted by molar-refractivity contribution is -0.118. The van der Waals surface area contributed by atoms with Crippen LogP contribution in [0.5, 0.6) is 5.75 Å². The summed E-state index contributed by atoms with van der Waals surface area (Å²) in [5.41, 5.74) is 2.60. The van der Waals surface area contributed by atoms with Gasteiger partial charge in [0.15, 0.2) is 6.61 Å². The van der Waals surface area contributed by atoms with Gasteiger partial charge in [-0.1, -0.05) is 29.8 Å². The van der Waals surface area contributed by atoms with Crippen molar-refractivity contribution in [2.45, 2.75) is 13.5 Å². The van der Waals surface area contributed by atoms with Crippen LogP contribution in [0.15, 0.2) is 65.1 Å². The third kappa shape index (κ3) is 4.49. The molecule has 2 N–H and O–H groups in total. The highest BCUT2D eigenvalue weighted by molar-refractivity contribution is 5.92. The molecular weight excluding hydrogens is 318 g/mol. The molecule has 0 fully saturated rings. The fourth-order valence-electron chi connectivity index (χ4n) is 2.35. The fourth-order valence-corrected chi connectivity index (χ4v) is 2.35. The van der Waals surface area contributed by atoms with E-state index < -0.39 is 0 Å². The maximum Gasteiger partial charge on any atom is 0.262 e. The number of aliphatic hydroxyl groups is 1. The average molecular weight is 337 g/mol. The van der Waals surface area contributed by atoms with Crippen LogP contribution in [-0.4, -0.2) is 17.6 Å². The third-order valence-electron chi connectivity index (χ3n) is 3.64. The molecule has 3 aromatic rings. The van der Waals surface area contributed by atoms with Crippen LogP contribution in [0, 0.1) is 6.92 Å². The molecule has 0 aliphatic carbocycles. The number of carbonyl (C=O) groups excluding carboxylic acids is 1. The zero-order valence-corrected chi connectivity index (χ0v) is 13.9. The quantitative estimate of drug-likeness (QED) is 0.718. The van der Waals surface area contributed by atoms with Gasteiger partial charge in [0.05, 0.1) is 0 Å². The molecule has 3 rings (SSSR count). The van der Waals surface area contributed by atoms with Crippen LogP contribution in [0.3, 0.4) is 0 Å². The molecule has 128 valence electrons. The Hall–Kier alpha value is -3.05. The Morgan fingerprint density at radius 2 is 1.92 bits per heavy atom. The number of rotatable bonds is 6.